The molecule has 0 aromatic heterocycles. The number of rotatable bonds is 2. The van der Waals surface area contributed by atoms with Crippen LogP contribution in [-0.2, 0) is 0 Å². The molecule has 0 aliphatic heterocycles. The van der Waals surface area contributed by atoms with Crippen LogP contribution in [0.3, 0.4) is 0 Å². The highest BCUT2D eigenvalue weighted by molar-refractivity contribution is 5.97. The number of benzene rings is 3. The van der Waals surface area contributed by atoms with Gasteiger partial charge in [-0.1, -0.05) is 84.9 Å². The van der Waals surface area contributed by atoms with Crippen LogP contribution in [0.4, 0.5) is 0 Å². The topological polar surface area (TPSA) is 20.2 Å². The Morgan fingerprint density at radius 2 is 1.23 bits per heavy atom. The van der Waals surface area contributed by atoms with Gasteiger partial charge >= 0.3 is 0 Å². The summed E-state index contributed by atoms with van der Waals surface area (Å²) in [7, 11) is 0. The summed E-state index contributed by atoms with van der Waals surface area (Å²) in [6, 6.07) is 28.7. The van der Waals surface area contributed by atoms with Crippen LogP contribution < -0.4 is 0 Å². The van der Waals surface area contributed by atoms with Crippen LogP contribution in [0, 0.1) is 0 Å². The molecule has 0 bridgehead atoms. The fourth-order valence-corrected chi connectivity index (χ4v) is 3.31. The summed E-state index contributed by atoms with van der Waals surface area (Å²) in [5, 5.41) is 10.8. The number of aliphatic hydroxyl groups is 1. The Morgan fingerprint density at radius 3 is 1.95 bits per heavy atom. The summed E-state index contributed by atoms with van der Waals surface area (Å²) in [6.07, 6.45) is 0. The first kappa shape index (κ1) is 12.9. The fourth-order valence-electron chi connectivity index (χ4n) is 3.31. The monoisotopic (exact) mass is 284 g/mol. The van der Waals surface area contributed by atoms with Crippen LogP contribution in [0.1, 0.15) is 28.2 Å². The van der Waals surface area contributed by atoms with Crippen molar-refractivity contribution in [2.75, 3.05) is 0 Å². The van der Waals surface area contributed by atoms with Crippen molar-refractivity contribution < 1.29 is 5.11 Å². The number of aliphatic hydroxyl groups excluding tert-OH is 1. The minimum absolute atomic E-state index is 0.0831. The Labute approximate surface area is 130 Å². The Hall–Kier alpha value is -2.80. The van der Waals surface area contributed by atoms with Crippen molar-refractivity contribution in [2.45, 2.75) is 5.92 Å². The molecule has 0 heterocycles. The summed E-state index contributed by atoms with van der Waals surface area (Å²) in [5.74, 6) is 0.482. The van der Waals surface area contributed by atoms with E-state index in [1.54, 1.807) is 0 Å². The van der Waals surface area contributed by atoms with Crippen molar-refractivity contribution in [1.82, 2.24) is 0 Å². The minimum atomic E-state index is 0.0831. The number of hydrogen-bond acceptors (Lipinski definition) is 1. The van der Waals surface area contributed by atoms with Crippen molar-refractivity contribution >= 4 is 11.3 Å². The van der Waals surface area contributed by atoms with Crippen LogP contribution in [0.15, 0.2) is 84.9 Å². The normalized spacial score (nSPS) is 16.6. The summed E-state index contributed by atoms with van der Waals surface area (Å²) in [6.45, 7) is 0. The molecule has 3 aromatic carbocycles. The van der Waals surface area contributed by atoms with Crippen LogP contribution in [0.25, 0.3) is 11.3 Å². The van der Waals surface area contributed by atoms with E-state index in [2.05, 4.69) is 42.5 Å². The molecule has 1 aliphatic carbocycles. The fraction of sp³-hybridized carbons (Fsp3) is 0.0476. The lowest BCUT2D eigenvalue weighted by atomic mass is 9.85. The van der Waals surface area contributed by atoms with Gasteiger partial charge in [0.05, 0.1) is 0 Å². The average Bonchev–Trinajstić information content (AvgIpc) is 2.90. The Balaban J connectivity index is 1.97. The molecule has 22 heavy (non-hydrogen) atoms. The molecule has 1 aliphatic rings. The van der Waals surface area contributed by atoms with Gasteiger partial charge in [0.25, 0.3) is 0 Å². The van der Waals surface area contributed by atoms with Gasteiger partial charge in [0.15, 0.2) is 0 Å². The van der Waals surface area contributed by atoms with Crippen LogP contribution in [0.2, 0.25) is 0 Å². The third kappa shape index (κ3) is 1.94. The molecule has 0 fully saturated rings. The lowest BCUT2D eigenvalue weighted by Crippen LogP contribution is -2.01. The van der Waals surface area contributed by atoms with Gasteiger partial charge in [0.2, 0.25) is 0 Å². The van der Waals surface area contributed by atoms with E-state index in [4.69, 9.17) is 0 Å². The second-order valence-electron chi connectivity index (χ2n) is 5.56. The highest BCUT2D eigenvalue weighted by Gasteiger charge is 2.32. The van der Waals surface area contributed by atoms with Gasteiger partial charge in [0.1, 0.15) is 5.76 Å². The molecule has 1 N–H and O–H groups in total. The molecule has 1 heteroatoms. The number of allylic oxidation sites excluding steroid dienone is 1. The van der Waals surface area contributed by atoms with E-state index < -0.39 is 0 Å². The highest BCUT2D eigenvalue weighted by Crippen LogP contribution is 2.48. The summed E-state index contributed by atoms with van der Waals surface area (Å²) < 4.78 is 0. The Morgan fingerprint density at radius 1 is 0.636 bits per heavy atom. The Bertz CT molecular complexity index is 832. The SMILES string of the molecule is OC1=C(c2ccccc2)[C@@H](c2ccccc2)c2ccccc21. The molecule has 0 saturated carbocycles. The molecular weight excluding hydrogens is 268 g/mol. The molecule has 4 rings (SSSR count). The zero-order chi connectivity index (χ0) is 14.9. The zero-order valence-electron chi connectivity index (χ0n) is 12.1. The van der Waals surface area contributed by atoms with Gasteiger partial charge in [-0.25, -0.2) is 0 Å². The smallest absolute Gasteiger partial charge is 0.127 e. The van der Waals surface area contributed by atoms with Gasteiger partial charge in [-0.15, -0.1) is 0 Å². The van der Waals surface area contributed by atoms with Crippen molar-refractivity contribution in [3.05, 3.63) is 107 Å². The predicted octanol–water partition coefficient (Wildman–Crippen LogP) is 5.26. The first-order valence-electron chi connectivity index (χ1n) is 7.49. The first-order valence-corrected chi connectivity index (χ1v) is 7.49. The van der Waals surface area contributed by atoms with Gasteiger partial charge < -0.3 is 5.11 Å². The van der Waals surface area contributed by atoms with E-state index in [0.29, 0.717) is 5.76 Å². The standard InChI is InChI=1S/C21H16O/c22-21-18-14-8-7-13-17(18)19(15-9-3-1-4-10-15)20(21)16-11-5-2-6-12-16/h1-14,19,22H/t19-/m0/s1. The Kier molecular flexibility index (Phi) is 3.05. The maximum absolute atomic E-state index is 10.8. The predicted molar refractivity (Wildman–Crippen MR) is 90.6 cm³/mol. The first-order chi connectivity index (χ1) is 10.9. The van der Waals surface area contributed by atoms with Crippen molar-refractivity contribution in [1.29, 1.82) is 0 Å². The minimum Gasteiger partial charge on any atom is -0.507 e. The number of hydrogen-bond donors (Lipinski definition) is 1. The molecule has 1 nitrogen and oxygen atoms in total. The zero-order valence-corrected chi connectivity index (χ0v) is 12.1. The van der Waals surface area contributed by atoms with Crippen molar-refractivity contribution in [3.63, 3.8) is 0 Å². The molecular formula is C21H16O. The summed E-state index contributed by atoms with van der Waals surface area (Å²) in [5.41, 5.74) is 5.39. The lowest BCUT2D eigenvalue weighted by molar-refractivity contribution is 0.515. The third-order valence-corrected chi connectivity index (χ3v) is 4.29. The summed E-state index contributed by atoms with van der Waals surface area (Å²) in [4.78, 5) is 0. The second kappa shape index (κ2) is 5.19. The van der Waals surface area contributed by atoms with E-state index in [1.807, 2.05) is 42.5 Å². The molecule has 3 aromatic rings. The van der Waals surface area contributed by atoms with Gasteiger partial charge in [-0.2, -0.15) is 0 Å². The lowest BCUT2D eigenvalue weighted by Gasteiger charge is -2.17. The van der Waals surface area contributed by atoms with E-state index in [-0.39, 0.29) is 5.92 Å². The van der Waals surface area contributed by atoms with Gasteiger partial charge in [0, 0.05) is 17.1 Å². The highest BCUT2D eigenvalue weighted by atomic mass is 16.3. The van der Waals surface area contributed by atoms with E-state index in [9.17, 15) is 5.11 Å². The summed E-state index contributed by atoms with van der Waals surface area (Å²) >= 11 is 0. The van der Waals surface area contributed by atoms with Crippen molar-refractivity contribution in [3.8, 4) is 0 Å². The van der Waals surface area contributed by atoms with E-state index in [0.717, 1.165) is 16.7 Å². The van der Waals surface area contributed by atoms with E-state index in [1.165, 1.54) is 11.1 Å². The van der Waals surface area contributed by atoms with Crippen LogP contribution in [-0.4, -0.2) is 5.11 Å². The maximum Gasteiger partial charge on any atom is 0.127 e. The molecule has 106 valence electrons. The van der Waals surface area contributed by atoms with Crippen molar-refractivity contribution in [2.24, 2.45) is 0 Å². The van der Waals surface area contributed by atoms with Crippen LogP contribution >= 0.6 is 0 Å². The average molecular weight is 284 g/mol. The molecule has 1 atom stereocenters. The quantitative estimate of drug-likeness (QED) is 0.680. The third-order valence-electron chi connectivity index (χ3n) is 4.29. The maximum atomic E-state index is 10.8. The molecule has 0 unspecified atom stereocenters. The molecule has 0 amide bonds. The van der Waals surface area contributed by atoms with Gasteiger partial charge in [-0.3, -0.25) is 0 Å². The molecule has 0 spiro atoms. The molecule has 0 saturated heterocycles. The number of fused-ring (bicyclic) bond motifs is 1. The second-order valence-corrected chi connectivity index (χ2v) is 5.56. The largest absolute Gasteiger partial charge is 0.507 e. The van der Waals surface area contributed by atoms with E-state index >= 15 is 0 Å². The van der Waals surface area contributed by atoms with Crippen LogP contribution in [0.5, 0.6) is 0 Å². The molecule has 0 radical (unpaired) electrons. The van der Waals surface area contributed by atoms with Gasteiger partial charge in [-0.05, 0) is 16.7 Å².